The van der Waals surface area contributed by atoms with Gasteiger partial charge >= 0.3 is 0 Å². The third kappa shape index (κ3) is 5.60. The molecule has 0 radical (unpaired) electrons. The Labute approximate surface area is 128 Å². The van der Waals surface area contributed by atoms with Crippen molar-refractivity contribution in [2.75, 3.05) is 13.1 Å². The van der Waals surface area contributed by atoms with E-state index in [1.165, 1.54) is 24.0 Å². The van der Waals surface area contributed by atoms with E-state index in [1.807, 2.05) is 12.1 Å². The van der Waals surface area contributed by atoms with Crippen LogP contribution in [0.25, 0.3) is 0 Å². The molecule has 0 amide bonds. The fourth-order valence-corrected chi connectivity index (χ4v) is 2.52. The first kappa shape index (κ1) is 15.6. The molecule has 0 aliphatic carbocycles. The van der Waals surface area contributed by atoms with E-state index in [9.17, 15) is 5.11 Å². The van der Waals surface area contributed by atoms with Crippen molar-refractivity contribution in [2.45, 2.75) is 32.7 Å². The zero-order chi connectivity index (χ0) is 14.9. The summed E-state index contributed by atoms with van der Waals surface area (Å²) in [7, 11) is 0. The molecule has 1 N–H and O–H groups in total. The molecule has 112 valence electrons. The maximum Gasteiger partial charge on any atom is 0.115 e. The number of rotatable bonds is 8. The number of hydrogen-bond donors (Lipinski definition) is 1. The lowest BCUT2D eigenvalue weighted by molar-refractivity contribution is 0.274. The molecule has 0 heterocycles. The molecular formula is C19H25NO. The normalized spacial score (nSPS) is 11.0. The van der Waals surface area contributed by atoms with Crippen molar-refractivity contribution < 1.29 is 5.11 Å². The highest BCUT2D eigenvalue weighted by atomic mass is 16.3. The lowest BCUT2D eigenvalue weighted by Gasteiger charge is -2.20. The van der Waals surface area contributed by atoms with Gasteiger partial charge < -0.3 is 5.11 Å². The van der Waals surface area contributed by atoms with Crippen LogP contribution < -0.4 is 0 Å². The van der Waals surface area contributed by atoms with Gasteiger partial charge in [-0.2, -0.15) is 0 Å². The molecule has 0 unspecified atom stereocenters. The number of hydrogen-bond acceptors (Lipinski definition) is 2. The van der Waals surface area contributed by atoms with E-state index in [2.05, 4.69) is 42.2 Å². The quantitative estimate of drug-likeness (QED) is 0.733. The predicted molar refractivity (Wildman–Crippen MR) is 88.4 cm³/mol. The summed E-state index contributed by atoms with van der Waals surface area (Å²) in [6.07, 6.45) is 3.49. The van der Waals surface area contributed by atoms with Gasteiger partial charge in [-0.1, -0.05) is 49.4 Å². The van der Waals surface area contributed by atoms with E-state index >= 15 is 0 Å². The third-order valence-electron chi connectivity index (χ3n) is 3.82. The fourth-order valence-electron chi connectivity index (χ4n) is 2.52. The van der Waals surface area contributed by atoms with Crippen molar-refractivity contribution in [3.63, 3.8) is 0 Å². The van der Waals surface area contributed by atoms with Crippen LogP contribution in [0.15, 0.2) is 54.6 Å². The van der Waals surface area contributed by atoms with Gasteiger partial charge in [0.25, 0.3) is 0 Å². The number of benzene rings is 2. The van der Waals surface area contributed by atoms with E-state index in [0.717, 1.165) is 26.1 Å². The first-order valence-electron chi connectivity index (χ1n) is 7.82. The van der Waals surface area contributed by atoms with E-state index in [0.29, 0.717) is 5.75 Å². The van der Waals surface area contributed by atoms with Crippen LogP contribution in [0, 0.1) is 0 Å². The van der Waals surface area contributed by atoms with Crippen LogP contribution in [-0.4, -0.2) is 23.1 Å². The van der Waals surface area contributed by atoms with Crippen LogP contribution in [0.4, 0.5) is 0 Å². The van der Waals surface area contributed by atoms with Gasteiger partial charge in [0.15, 0.2) is 0 Å². The van der Waals surface area contributed by atoms with Crippen molar-refractivity contribution in [3.8, 4) is 5.75 Å². The van der Waals surface area contributed by atoms with Gasteiger partial charge in [-0.15, -0.1) is 0 Å². The number of phenols is 1. The zero-order valence-corrected chi connectivity index (χ0v) is 12.8. The van der Waals surface area contributed by atoms with E-state index in [-0.39, 0.29) is 0 Å². The number of aromatic hydroxyl groups is 1. The summed E-state index contributed by atoms with van der Waals surface area (Å²) in [4.78, 5) is 2.49. The molecule has 0 saturated heterocycles. The molecule has 2 rings (SSSR count). The van der Waals surface area contributed by atoms with Crippen LogP contribution in [0.2, 0.25) is 0 Å². The van der Waals surface area contributed by atoms with Gasteiger partial charge in [0.2, 0.25) is 0 Å². The first-order chi connectivity index (χ1) is 10.3. The SMILES string of the molecule is CCN(CCCCc1ccc(O)cc1)Cc1ccccc1. The van der Waals surface area contributed by atoms with Crippen molar-refractivity contribution in [1.29, 1.82) is 0 Å². The number of aryl methyl sites for hydroxylation is 1. The lowest BCUT2D eigenvalue weighted by atomic mass is 10.1. The molecule has 0 aliphatic rings. The van der Waals surface area contributed by atoms with Gasteiger partial charge in [-0.05, 0) is 55.6 Å². The molecule has 2 heteroatoms. The Hall–Kier alpha value is -1.80. The third-order valence-corrected chi connectivity index (χ3v) is 3.82. The Kier molecular flexibility index (Phi) is 6.29. The van der Waals surface area contributed by atoms with Crippen molar-refractivity contribution in [3.05, 3.63) is 65.7 Å². The standard InChI is InChI=1S/C19H25NO/c1-2-20(16-18-9-4-3-5-10-18)15-7-6-8-17-11-13-19(21)14-12-17/h3-5,9-14,21H,2,6-8,15-16H2,1H3. The van der Waals surface area contributed by atoms with Crippen molar-refractivity contribution in [2.24, 2.45) is 0 Å². The summed E-state index contributed by atoms with van der Waals surface area (Å²) in [5, 5.41) is 9.27. The summed E-state index contributed by atoms with van der Waals surface area (Å²) in [6.45, 7) is 5.50. The highest BCUT2D eigenvalue weighted by molar-refractivity contribution is 5.25. The van der Waals surface area contributed by atoms with E-state index < -0.39 is 0 Å². The van der Waals surface area contributed by atoms with Gasteiger partial charge in [0.1, 0.15) is 5.75 Å². The smallest absolute Gasteiger partial charge is 0.115 e. The molecule has 0 atom stereocenters. The Morgan fingerprint density at radius 1 is 0.857 bits per heavy atom. The maximum atomic E-state index is 9.27. The van der Waals surface area contributed by atoms with E-state index in [4.69, 9.17) is 0 Å². The van der Waals surface area contributed by atoms with Gasteiger partial charge in [0, 0.05) is 6.54 Å². The summed E-state index contributed by atoms with van der Waals surface area (Å²) in [6, 6.07) is 18.2. The van der Waals surface area contributed by atoms with Crippen LogP contribution >= 0.6 is 0 Å². The van der Waals surface area contributed by atoms with Crippen LogP contribution in [0.5, 0.6) is 5.75 Å². The first-order valence-corrected chi connectivity index (χ1v) is 7.82. The molecule has 0 spiro atoms. The summed E-state index contributed by atoms with van der Waals surface area (Å²) < 4.78 is 0. The van der Waals surface area contributed by atoms with Crippen LogP contribution in [0.1, 0.15) is 30.9 Å². The molecule has 2 aromatic rings. The Morgan fingerprint density at radius 3 is 2.24 bits per heavy atom. The molecule has 2 nitrogen and oxygen atoms in total. The topological polar surface area (TPSA) is 23.5 Å². The maximum absolute atomic E-state index is 9.27. The van der Waals surface area contributed by atoms with Gasteiger partial charge in [-0.25, -0.2) is 0 Å². The minimum absolute atomic E-state index is 0.346. The Balaban J connectivity index is 1.70. The molecular weight excluding hydrogens is 258 g/mol. The number of nitrogens with zero attached hydrogens (tertiary/aromatic N) is 1. The van der Waals surface area contributed by atoms with E-state index in [1.54, 1.807) is 12.1 Å². The van der Waals surface area contributed by atoms with Gasteiger partial charge in [0.05, 0.1) is 0 Å². The summed E-state index contributed by atoms with van der Waals surface area (Å²) in [5.41, 5.74) is 2.69. The monoisotopic (exact) mass is 283 g/mol. The molecule has 21 heavy (non-hydrogen) atoms. The molecule has 0 aliphatic heterocycles. The summed E-state index contributed by atoms with van der Waals surface area (Å²) >= 11 is 0. The second kappa shape index (κ2) is 8.48. The van der Waals surface area contributed by atoms with Crippen molar-refractivity contribution in [1.82, 2.24) is 4.90 Å². The molecule has 0 fully saturated rings. The van der Waals surface area contributed by atoms with Gasteiger partial charge in [-0.3, -0.25) is 4.90 Å². The lowest BCUT2D eigenvalue weighted by Crippen LogP contribution is -2.24. The largest absolute Gasteiger partial charge is 0.508 e. The zero-order valence-electron chi connectivity index (χ0n) is 12.8. The predicted octanol–water partition coefficient (Wildman–Crippen LogP) is 4.24. The van der Waals surface area contributed by atoms with Crippen LogP contribution in [0.3, 0.4) is 0 Å². The second-order valence-corrected chi connectivity index (χ2v) is 5.48. The highest BCUT2D eigenvalue weighted by Gasteiger charge is 2.03. The molecule has 0 aromatic heterocycles. The average Bonchev–Trinajstić information content (AvgIpc) is 2.53. The highest BCUT2D eigenvalue weighted by Crippen LogP contribution is 2.12. The van der Waals surface area contributed by atoms with Crippen molar-refractivity contribution >= 4 is 0 Å². The number of phenolic OH excluding ortho intramolecular Hbond substituents is 1. The number of unbranched alkanes of at least 4 members (excludes halogenated alkanes) is 1. The fraction of sp³-hybridized carbons (Fsp3) is 0.368. The van der Waals surface area contributed by atoms with Crippen LogP contribution in [-0.2, 0) is 13.0 Å². The minimum atomic E-state index is 0.346. The Morgan fingerprint density at radius 2 is 1.57 bits per heavy atom. The Bertz CT molecular complexity index is 507. The minimum Gasteiger partial charge on any atom is -0.508 e. The second-order valence-electron chi connectivity index (χ2n) is 5.48. The molecule has 0 bridgehead atoms. The molecule has 0 saturated carbocycles. The average molecular weight is 283 g/mol. The summed E-state index contributed by atoms with van der Waals surface area (Å²) in [5.74, 6) is 0.346. The molecule has 2 aromatic carbocycles.